The first-order valence-corrected chi connectivity index (χ1v) is 19.4. The molecule has 10 rings (SSSR count). The van der Waals surface area contributed by atoms with Crippen molar-refractivity contribution >= 4 is 70.1 Å². The number of anilines is 3. The number of benzene rings is 8. The van der Waals surface area contributed by atoms with Crippen LogP contribution < -0.4 is 4.90 Å². The predicted octanol–water partition coefficient (Wildman–Crippen LogP) is 14.8. The maximum absolute atomic E-state index is 5.02. The van der Waals surface area contributed by atoms with Crippen molar-refractivity contribution in [1.29, 1.82) is 0 Å². The van der Waals surface area contributed by atoms with E-state index >= 15 is 0 Å². The van der Waals surface area contributed by atoms with E-state index in [0.717, 1.165) is 33.1 Å². The summed E-state index contributed by atoms with van der Waals surface area (Å²) < 4.78 is 3.78. The lowest BCUT2D eigenvalue weighted by Gasteiger charge is -2.26. The number of aromatic nitrogens is 1. The molecule has 0 atom stereocenters. The topological polar surface area (TPSA) is 16.1 Å². The summed E-state index contributed by atoms with van der Waals surface area (Å²) in [5.74, 6) is 0. The van der Waals surface area contributed by atoms with Crippen LogP contribution in [0, 0.1) is 0 Å². The number of thiophene rings is 1. The maximum atomic E-state index is 5.02. The van der Waals surface area contributed by atoms with Gasteiger partial charge >= 0.3 is 0 Å². The number of thiazole rings is 1. The molecule has 2 nitrogen and oxygen atoms in total. The van der Waals surface area contributed by atoms with Gasteiger partial charge in [0.15, 0.2) is 0 Å². The molecule has 0 bridgehead atoms. The molecule has 53 heavy (non-hydrogen) atoms. The fourth-order valence-electron chi connectivity index (χ4n) is 7.30. The van der Waals surface area contributed by atoms with Crippen LogP contribution in [0.1, 0.15) is 0 Å². The Morgan fingerprint density at radius 2 is 0.849 bits per heavy atom. The minimum Gasteiger partial charge on any atom is -0.311 e. The van der Waals surface area contributed by atoms with E-state index in [0.29, 0.717) is 0 Å². The summed E-state index contributed by atoms with van der Waals surface area (Å²) in [4.78, 5) is 7.37. The zero-order chi connectivity index (χ0) is 35.1. The summed E-state index contributed by atoms with van der Waals surface area (Å²) in [6, 6.07) is 69.7. The van der Waals surface area contributed by atoms with E-state index in [-0.39, 0.29) is 0 Å². The largest absolute Gasteiger partial charge is 0.311 e. The Balaban J connectivity index is 1.04. The van der Waals surface area contributed by atoms with Gasteiger partial charge in [0.25, 0.3) is 0 Å². The molecule has 0 aliphatic rings. The number of hydrogen-bond donors (Lipinski definition) is 0. The van der Waals surface area contributed by atoms with Crippen LogP contribution in [-0.4, -0.2) is 4.98 Å². The third kappa shape index (κ3) is 5.88. The molecule has 0 amide bonds. The predicted molar refractivity (Wildman–Crippen MR) is 229 cm³/mol. The third-order valence-corrected chi connectivity index (χ3v) is 12.1. The molecular weight excluding hydrogens is 681 g/mol. The highest BCUT2D eigenvalue weighted by Gasteiger charge is 2.17. The number of rotatable bonds is 7. The molecule has 8 aromatic carbocycles. The maximum Gasteiger partial charge on any atom is 0.124 e. The van der Waals surface area contributed by atoms with E-state index in [2.05, 4.69) is 199 Å². The van der Waals surface area contributed by atoms with Crippen LogP contribution >= 0.6 is 22.7 Å². The van der Waals surface area contributed by atoms with Crippen molar-refractivity contribution < 1.29 is 0 Å². The second-order valence-electron chi connectivity index (χ2n) is 13.2. The summed E-state index contributed by atoms with van der Waals surface area (Å²) in [5.41, 5.74) is 12.8. The van der Waals surface area contributed by atoms with Crippen LogP contribution in [0.3, 0.4) is 0 Å². The molecule has 0 aliphatic heterocycles. The highest BCUT2D eigenvalue weighted by atomic mass is 32.1. The fourth-order valence-corrected chi connectivity index (χ4v) is 9.44. The minimum absolute atomic E-state index is 1.06. The molecule has 0 saturated carbocycles. The smallest absolute Gasteiger partial charge is 0.124 e. The Hall–Kier alpha value is -6.33. The van der Waals surface area contributed by atoms with Crippen molar-refractivity contribution in [3.63, 3.8) is 0 Å². The summed E-state index contributed by atoms with van der Waals surface area (Å²) >= 11 is 3.62. The first-order chi connectivity index (χ1) is 26.2. The van der Waals surface area contributed by atoms with Gasteiger partial charge < -0.3 is 4.90 Å². The fraction of sp³-hybridized carbons (Fsp3) is 0. The van der Waals surface area contributed by atoms with Crippen LogP contribution in [-0.2, 0) is 0 Å². The van der Waals surface area contributed by atoms with Gasteiger partial charge in [-0.15, -0.1) is 22.7 Å². The van der Waals surface area contributed by atoms with Gasteiger partial charge in [-0.05, 0) is 88.0 Å². The van der Waals surface area contributed by atoms with Crippen molar-refractivity contribution in [3.8, 4) is 44.0 Å². The van der Waals surface area contributed by atoms with Crippen LogP contribution in [0.2, 0.25) is 0 Å². The Morgan fingerprint density at radius 1 is 0.358 bits per heavy atom. The molecule has 0 aliphatic carbocycles. The van der Waals surface area contributed by atoms with Crippen molar-refractivity contribution in [1.82, 2.24) is 4.98 Å². The molecule has 0 unspecified atom stereocenters. The van der Waals surface area contributed by atoms with E-state index in [1.807, 2.05) is 11.3 Å². The molecule has 10 aromatic rings. The molecule has 0 radical (unpaired) electrons. The Kier molecular flexibility index (Phi) is 7.90. The summed E-state index contributed by atoms with van der Waals surface area (Å²) in [6.07, 6.45) is 0. The Labute approximate surface area is 316 Å². The highest BCUT2D eigenvalue weighted by Crippen LogP contribution is 2.44. The lowest BCUT2D eigenvalue weighted by atomic mass is 9.99. The SMILES string of the molecule is c1ccc(-c2ccc(N(c3ccc(-c4ccccc4)cc3)c3ccc(-c4cccc5sc6cc7nc(-c8ccccc8)sc7cc6c45)cc3)cc2)cc1. The molecule has 2 aromatic heterocycles. The van der Waals surface area contributed by atoms with E-state index in [4.69, 9.17) is 4.98 Å². The molecule has 2 heterocycles. The van der Waals surface area contributed by atoms with Gasteiger partial charge in [0.05, 0.1) is 10.2 Å². The number of fused-ring (bicyclic) bond motifs is 4. The van der Waals surface area contributed by atoms with Crippen LogP contribution in [0.15, 0.2) is 194 Å². The molecule has 0 N–H and O–H groups in total. The zero-order valence-electron chi connectivity index (χ0n) is 28.7. The molecular formula is C49H32N2S2. The highest BCUT2D eigenvalue weighted by molar-refractivity contribution is 7.26. The molecule has 250 valence electrons. The van der Waals surface area contributed by atoms with Crippen molar-refractivity contribution in [2.45, 2.75) is 0 Å². The lowest BCUT2D eigenvalue weighted by Crippen LogP contribution is -2.09. The Bertz CT molecular complexity index is 2760. The normalized spacial score (nSPS) is 11.4. The monoisotopic (exact) mass is 712 g/mol. The van der Waals surface area contributed by atoms with Crippen molar-refractivity contribution in [2.75, 3.05) is 4.90 Å². The average Bonchev–Trinajstić information content (AvgIpc) is 3.82. The summed E-state index contributed by atoms with van der Waals surface area (Å²) in [7, 11) is 0. The van der Waals surface area contributed by atoms with Gasteiger partial charge in [0, 0.05) is 42.8 Å². The van der Waals surface area contributed by atoms with E-state index in [9.17, 15) is 0 Å². The molecule has 0 spiro atoms. The van der Waals surface area contributed by atoms with Gasteiger partial charge in [-0.2, -0.15) is 0 Å². The third-order valence-electron chi connectivity index (χ3n) is 9.93. The molecule has 0 fully saturated rings. The zero-order valence-corrected chi connectivity index (χ0v) is 30.3. The average molecular weight is 713 g/mol. The quantitative estimate of drug-likeness (QED) is 0.164. The second kappa shape index (κ2) is 13.3. The standard InChI is InChI=1S/C49H32N2S2/c1-4-11-33(12-5-1)35-19-25-39(26-20-35)51(40-27-21-36(22-28-40)34-13-6-2-7-14-34)41-29-23-37(24-30-41)42-17-10-18-45-48(42)43-31-47-44(32-46(43)52-45)50-49(53-47)38-15-8-3-9-16-38/h1-32H. The summed E-state index contributed by atoms with van der Waals surface area (Å²) in [5, 5.41) is 3.66. The second-order valence-corrected chi connectivity index (χ2v) is 15.3. The Morgan fingerprint density at radius 3 is 1.40 bits per heavy atom. The van der Waals surface area contributed by atoms with Crippen molar-refractivity contribution in [3.05, 3.63) is 194 Å². The first-order valence-electron chi connectivity index (χ1n) is 17.8. The van der Waals surface area contributed by atoms with Crippen LogP contribution in [0.4, 0.5) is 17.1 Å². The van der Waals surface area contributed by atoms with Crippen LogP contribution in [0.25, 0.3) is 74.3 Å². The van der Waals surface area contributed by atoms with Gasteiger partial charge in [0.2, 0.25) is 0 Å². The molecule has 4 heteroatoms. The van der Waals surface area contributed by atoms with Crippen LogP contribution in [0.5, 0.6) is 0 Å². The van der Waals surface area contributed by atoms with Gasteiger partial charge in [-0.3, -0.25) is 0 Å². The van der Waals surface area contributed by atoms with E-state index in [1.165, 1.54) is 58.3 Å². The van der Waals surface area contributed by atoms with E-state index in [1.54, 1.807) is 11.3 Å². The molecule has 0 saturated heterocycles. The number of hydrogen-bond acceptors (Lipinski definition) is 4. The first kappa shape index (κ1) is 31.4. The summed E-state index contributed by atoms with van der Waals surface area (Å²) in [6.45, 7) is 0. The van der Waals surface area contributed by atoms with Gasteiger partial charge in [-0.25, -0.2) is 4.98 Å². The van der Waals surface area contributed by atoms with Crippen molar-refractivity contribution in [2.24, 2.45) is 0 Å². The minimum atomic E-state index is 1.06. The lowest BCUT2D eigenvalue weighted by molar-refractivity contribution is 1.28. The van der Waals surface area contributed by atoms with E-state index < -0.39 is 0 Å². The number of nitrogens with zero attached hydrogens (tertiary/aromatic N) is 2. The van der Waals surface area contributed by atoms with Gasteiger partial charge in [-0.1, -0.05) is 140 Å². The van der Waals surface area contributed by atoms with Gasteiger partial charge in [0.1, 0.15) is 5.01 Å².